The molecule has 21 heavy (non-hydrogen) atoms. The van der Waals surface area contributed by atoms with Gasteiger partial charge < -0.3 is 10.1 Å². The monoisotopic (exact) mass is 285 g/mol. The van der Waals surface area contributed by atoms with Crippen LogP contribution in [-0.2, 0) is 6.54 Å². The molecule has 2 aromatic rings. The summed E-state index contributed by atoms with van der Waals surface area (Å²) in [5, 5.41) is 3.42. The van der Waals surface area contributed by atoms with E-state index in [1.54, 1.807) is 18.2 Å². The molecule has 0 unspecified atom stereocenters. The predicted molar refractivity (Wildman–Crippen MR) is 83.8 cm³/mol. The van der Waals surface area contributed by atoms with Crippen LogP contribution in [0.2, 0.25) is 0 Å². The second-order valence-corrected chi connectivity index (χ2v) is 4.90. The average Bonchev–Trinajstić information content (AvgIpc) is 2.52. The molecule has 0 spiro atoms. The molecule has 0 bridgehead atoms. The second-order valence-electron chi connectivity index (χ2n) is 4.90. The lowest BCUT2D eigenvalue weighted by Crippen LogP contribution is -2.18. The van der Waals surface area contributed by atoms with E-state index in [0.717, 1.165) is 17.9 Å². The lowest BCUT2D eigenvalue weighted by Gasteiger charge is -2.14. The molecule has 0 aromatic heterocycles. The van der Waals surface area contributed by atoms with Crippen molar-refractivity contribution in [1.29, 1.82) is 0 Å². The minimum absolute atomic E-state index is 0.169. The van der Waals surface area contributed by atoms with E-state index in [-0.39, 0.29) is 11.9 Å². The lowest BCUT2D eigenvalue weighted by atomic mass is 10.1. The van der Waals surface area contributed by atoms with Gasteiger partial charge in [0, 0.05) is 12.6 Å². The fourth-order valence-electron chi connectivity index (χ4n) is 2.00. The summed E-state index contributed by atoms with van der Waals surface area (Å²) in [6.07, 6.45) is 1.72. The van der Waals surface area contributed by atoms with E-state index in [1.165, 1.54) is 17.7 Å². The highest BCUT2D eigenvalue weighted by Crippen LogP contribution is 2.15. The van der Waals surface area contributed by atoms with Crippen molar-refractivity contribution >= 4 is 0 Å². The van der Waals surface area contributed by atoms with Crippen LogP contribution in [0.4, 0.5) is 4.39 Å². The highest BCUT2D eigenvalue weighted by molar-refractivity contribution is 5.27. The number of ether oxygens (including phenoxy) is 1. The quantitative estimate of drug-likeness (QED) is 0.768. The summed E-state index contributed by atoms with van der Waals surface area (Å²) in [6.45, 7) is 6.95. The summed E-state index contributed by atoms with van der Waals surface area (Å²) in [5.41, 5.74) is 2.25. The van der Waals surface area contributed by atoms with Gasteiger partial charge in [0.15, 0.2) is 0 Å². The molecule has 0 fully saturated rings. The molecule has 0 aliphatic heterocycles. The topological polar surface area (TPSA) is 21.3 Å². The van der Waals surface area contributed by atoms with Gasteiger partial charge in [0.05, 0.1) is 0 Å². The predicted octanol–water partition coefficient (Wildman–Crippen LogP) is 4.24. The van der Waals surface area contributed by atoms with Crippen LogP contribution in [-0.4, -0.2) is 6.61 Å². The smallest absolute Gasteiger partial charge is 0.123 e. The first-order valence-corrected chi connectivity index (χ1v) is 7.00. The Hall–Kier alpha value is -2.13. The molecule has 110 valence electrons. The van der Waals surface area contributed by atoms with Gasteiger partial charge in [-0.25, -0.2) is 4.39 Å². The van der Waals surface area contributed by atoms with Crippen molar-refractivity contribution in [3.63, 3.8) is 0 Å². The molecule has 2 rings (SSSR count). The highest BCUT2D eigenvalue weighted by atomic mass is 19.1. The third-order valence-corrected chi connectivity index (χ3v) is 3.27. The number of benzene rings is 2. The van der Waals surface area contributed by atoms with Gasteiger partial charge >= 0.3 is 0 Å². The van der Waals surface area contributed by atoms with E-state index in [0.29, 0.717) is 6.61 Å². The zero-order chi connectivity index (χ0) is 15.1. The van der Waals surface area contributed by atoms with E-state index in [1.807, 2.05) is 24.3 Å². The Labute approximate surface area is 125 Å². The first-order valence-electron chi connectivity index (χ1n) is 7.00. The van der Waals surface area contributed by atoms with E-state index < -0.39 is 0 Å². The van der Waals surface area contributed by atoms with Crippen LogP contribution in [0.25, 0.3) is 0 Å². The van der Waals surface area contributed by atoms with Crippen molar-refractivity contribution < 1.29 is 9.13 Å². The molecule has 2 aromatic carbocycles. The maximum absolute atomic E-state index is 12.9. The molecule has 2 nitrogen and oxygen atoms in total. The van der Waals surface area contributed by atoms with Crippen molar-refractivity contribution in [2.75, 3.05) is 6.61 Å². The average molecular weight is 285 g/mol. The van der Waals surface area contributed by atoms with Gasteiger partial charge in [-0.3, -0.25) is 0 Å². The third-order valence-electron chi connectivity index (χ3n) is 3.27. The molecular weight excluding hydrogens is 265 g/mol. The normalized spacial score (nSPS) is 11.9. The maximum Gasteiger partial charge on any atom is 0.123 e. The lowest BCUT2D eigenvalue weighted by molar-refractivity contribution is 0.363. The van der Waals surface area contributed by atoms with Gasteiger partial charge in [0.25, 0.3) is 0 Å². The van der Waals surface area contributed by atoms with Gasteiger partial charge in [-0.05, 0) is 42.3 Å². The van der Waals surface area contributed by atoms with Gasteiger partial charge in [0.2, 0.25) is 0 Å². The number of nitrogens with one attached hydrogen (secondary N) is 1. The molecular formula is C18H20FNO. The van der Waals surface area contributed by atoms with Crippen LogP contribution >= 0.6 is 0 Å². The standard InChI is InChI=1S/C18H20FNO/c1-3-12-21-18-10-4-15(5-11-18)13-20-14(2)16-6-8-17(19)9-7-16/h3-11,14,20H,1,12-13H2,2H3/t14-/m1/s1. The summed E-state index contributed by atoms with van der Waals surface area (Å²) in [4.78, 5) is 0. The molecule has 0 heterocycles. The Bertz CT molecular complexity index is 563. The fourth-order valence-corrected chi connectivity index (χ4v) is 2.00. The highest BCUT2D eigenvalue weighted by Gasteiger charge is 2.05. The van der Waals surface area contributed by atoms with Crippen molar-refractivity contribution in [1.82, 2.24) is 5.32 Å². The molecule has 0 aliphatic rings. The van der Waals surface area contributed by atoms with E-state index >= 15 is 0 Å². The molecule has 3 heteroatoms. The van der Waals surface area contributed by atoms with Crippen molar-refractivity contribution in [3.05, 3.63) is 78.1 Å². The number of hydrogen-bond acceptors (Lipinski definition) is 2. The minimum Gasteiger partial charge on any atom is -0.490 e. The maximum atomic E-state index is 12.9. The molecule has 0 saturated heterocycles. The van der Waals surface area contributed by atoms with Crippen molar-refractivity contribution in [2.45, 2.75) is 19.5 Å². The van der Waals surface area contributed by atoms with Crippen molar-refractivity contribution in [2.24, 2.45) is 0 Å². The summed E-state index contributed by atoms with van der Waals surface area (Å²) in [5.74, 6) is 0.631. The van der Waals surface area contributed by atoms with E-state index in [4.69, 9.17) is 4.74 Å². The van der Waals surface area contributed by atoms with Gasteiger partial charge in [0.1, 0.15) is 18.2 Å². The van der Waals surface area contributed by atoms with Gasteiger partial charge in [-0.15, -0.1) is 0 Å². The SMILES string of the molecule is C=CCOc1ccc(CN[C@H](C)c2ccc(F)cc2)cc1. The zero-order valence-electron chi connectivity index (χ0n) is 12.2. The van der Waals surface area contributed by atoms with Crippen LogP contribution in [0.15, 0.2) is 61.2 Å². The number of hydrogen-bond donors (Lipinski definition) is 1. The Morgan fingerprint density at radius 2 is 1.81 bits per heavy atom. The van der Waals surface area contributed by atoms with Crippen LogP contribution < -0.4 is 10.1 Å². The Morgan fingerprint density at radius 3 is 2.43 bits per heavy atom. The molecule has 0 amide bonds. The minimum atomic E-state index is -0.207. The van der Waals surface area contributed by atoms with Gasteiger partial charge in [-0.2, -0.15) is 0 Å². The zero-order valence-corrected chi connectivity index (χ0v) is 12.2. The van der Waals surface area contributed by atoms with E-state index in [9.17, 15) is 4.39 Å². The molecule has 1 atom stereocenters. The Kier molecular flexibility index (Phi) is 5.52. The Balaban J connectivity index is 1.87. The number of rotatable bonds is 7. The summed E-state index contributed by atoms with van der Waals surface area (Å²) >= 11 is 0. The van der Waals surface area contributed by atoms with Crippen LogP contribution in [0.1, 0.15) is 24.1 Å². The summed E-state index contributed by atoms with van der Waals surface area (Å²) in [7, 11) is 0. The molecule has 0 radical (unpaired) electrons. The molecule has 0 aliphatic carbocycles. The fraction of sp³-hybridized carbons (Fsp3) is 0.222. The van der Waals surface area contributed by atoms with Crippen LogP contribution in [0, 0.1) is 5.82 Å². The second kappa shape index (κ2) is 7.60. The first-order chi connectivity index (χ1) is 10.2. The van der Waals surface area contributed by atoms with Crippen molar-refractivity contribution in [3.8, 4) is 5.75 Å². The largest absolute Gasteiger partial charge is 0.490 e. The molecule has 0 saturated carbocycles. The third kappa shape index (κ3) is 4.72. The summed E-state index contributed by atoms with van der Waals surface area (Å²) in [6, 6.07) is 14.7. The van der Waals surface area contributed by atoms with Gasteiger partial charge in [-0.1, -0.05) is 36.9 Å². The van der Waals surface area contributed by atoms with E-state index in [2.05, 4.69) is 18.8 Å². The number of halogens is 1. The first kappa shape index (κ1) is 15.3. The summed E-state index contributed by atoms with van der Waals surface area (Å²) < 4.78 is 18.3. The van der Waals surface area contributed by atoms with Crippen LogP contribution in [0.5, 0.6) is 5.75 Å². The van der Waals surface area contributed by atoms with Crippen LogP contribution in [0.3, 0.4) is 0 Å². The Morgan fingerprint density at radius 1 is 1.14 bits per heavy atom. The molecule has 1 N–H and O–H groups in total.